The monoisotopic (exact) mass is 329 g/mol. The topological polar surface area (TPSA) is 74.6 Å². The van der Waals surface area contributed by atoms with E-state index in [1.54, 1.807) is 11.9 Å². The van der Waals surface area contributed by atoms with Crippen LogP contribution in [-0.2, 0) is 4.79 Å². The maximum Gasteiger partial charge on any atom is 0.318 e. The second kappa shape index (κ2) is 6.95. The molecule has 2 heterocycles. The maximum absolute atomic E-state index is 12.5. The van der Waals surface area contributed by atoms with Crippen LogP contribution < -0.4 is 10.6 Å². The van der Waals surface area contributed by atoms with Crippen molar-refractivity contribution in [2.45, 2.75) is 38.3 Å². The fraction of sp³-hybridized carbons (Fsp3) is 0.444. The van der Waals surface area contributed by atoms with Crippen molar-refractivity contribution in [1.82, 2.24) is 15.5 Å². The van der Waals surface area contributed by atoms with Crippen LogP contribution in [0.5, 0.6) is 0 Å². The summed E-state index contributed by atoms with van der Waals surface area (Å²) >= 11 is 0. The summed E-state index contributed by atoms with van der Waals surface area (Å²) in [5.41, 5.74) is 0.802. The zero-order valence-electron chi connectivity index (χ0n) is 14.0. The van der Waals surface area contributed by atoms with Crippen LogP contribution in [-0.4, -0.2) is 36.5 Å². The van der Waals surface area contributed by atoms with Gasteiger partial charge in [-0.1, -0.05) is 18.2 Å². The Morgan fingerprint density at radius 2 is 2.17 bits per heavy atom. The fourth-order valence-electron chi connectivity index (χ4n) is 2.90. The van der Waals surface area contributed by atoms with E-state index in [4.69, 9.17) is 4.42 Å². The molecule has 3 amide bonds. The molecule has 2 atom stereocenters. The van der Waals surface area contributed by atoms with Crippen LogP contribution >= 0.6 is 0 Å². The van der Waals surface area contributed by atoms with Gasteiger partial charge in [-0.15, -0.1) is 0 Å². The number of amides is 3. The third-order valence-electron chi connectivity index (χ3n) is 4.59. The molecule has 24 heavy (non-hydrogen) atoms. The van der Waals surface area contributed by atoms with E-state index < -0.39 is 6.04 Å². The predicted molar refractivity (Wildman–Crippen MR) is 91.6 cm³/mol. The molecule has 0 radical (unpaired) electrons. The third-order valence-corrected chi connectivity index (χ3v) is 4.59. The maximum atomic E-state index is 12.5. The first kappa shape index (κ1) is 16.4. The Morgan fingerprint density at radius 3 is 2.96 bits per heavy atom. The van der Waals surface area contributed by atoms with E-state index in [1.165, 1.54) is 0 Å². The molecule has 3 rings (SSSR count). The van der Waals surface area contributed by atoms with Gasteiger partial charge in [0.2, 0.25) is 5.91 Å². The van der Waals surface area contributed by atoms with Crippen molar-refractivity contribution in [1.29, 1.82) is 0 Å². The number of hydrogen-bond acceptors (Lipinski definition) is 3. The van der Waals surface area contributed by atoms with Gasteiger partial charge in [0, 0.05) is 19.0 Å². The largest absolute Gasteiger partial charge is 0.459 e. The number of para-hydroxylation sites is 1. The van der Waals surface area contributed by atoms with Crippen molar-refractivity contribution >= 4 is 22.9 Å². The van der Waals surface area contributed by atoms with E-state index in [0.717, 1.165) is 29.6 Å². The summed E-state index contributed by atoms with van der Waals surface area (Å²) in [7, 11) is 1.71. The Hall–Kier alpha value is -2.50. The highest BCUT2D eigenvalue weighted by Gasteiger charge is 2.26. The number of nitrogens with zero attached hydrogens (tertiary/aromatic N) is 1. The van der Waals surface area contributed by atoms with Crippen LogP contribution in [0.3, 0.4) is 0 Å². The highest BCUT2D eigenvalue weighted by molar-refractivity contribution is 5.87. The first-order valence-electron chi connectivity index (χ1n) is 8.36. The van der Waals surface area contributed by atoms with Gasteiger partial charge in [-0.2, -0.15) is 0 Å². The van der Waals surface area contributed by atoms with Gasteiger partial charge >= 0.3 is 6.03 Å². The number of hydrogen-bond donors (Lipinski definition) is 2. The lowest BCUT2D eigenvalue weighted by atomic mass is 10.1. The lowest BCUT2D eigenvalue weighted by molar-refractivity contribution is -0.122. The van der Waals surface area contributed by atoms with E-state index in [9.17, 15) is 9.59 Å². The van der Waals surface area contributed by atoms with E-state index in [2.05, 4.69) is 10.6 Å². The first-order chi connectivity index (χ1) is 11.6. The Morgan fingerprint density at radius 1 is 1.38 bits per heavy atom. The number of carbonyl (C=O) groups is 2. The molecule has 6 nitrogen and oxygen atoms in total. The van der Waals surface area contributed by atoms with E-state index in [-0.39, 0.29) is 18.0 Å². The van der Waals surface area contributed by atoms with Crippen LogP contribution in [0.1, 0.15) is 38.0 Å². The van der Waals surface area contributed by atoms with Gasteiger partial charge < -0.3 is 20.0 Å². The lowest BCUT2D eigenvalue weighted by Gasteiger charge is -2.26. The normalized spacial score (nSPS) is 19.4. The molecule has 1 aliphatic heterocycles. The van der Waals surface area contributed by atoms with Crippen molar-refractivity contribution in [3.63, 3.8) is 0 Å². The molecule has 1 saturated heterocycles. The molecule has 1 aromatic heterocycles. The van der Waals surface area contributed by atoms with Crippen LogP contribution in [0.25, 0.3) is 11.0 Å². The second-order valence-electron chi connectivity index (χ2n) is 6.26. The summed E-state index contributed by atoms with van der Waals surface area (Å²) in [4.78, 5) is 26.0. The molecule has 1 aromatic carbocycles. The van der Waals surface area contributed by atoms with Gasteiger partial charge in [0.1, 0.15) is 17.4 Å². The highest BCUT2D eigenvalue weighted by Crippen LogP contribution is 2.26. The standard InChI is InChI=1S/C18H23N3O3/c1-12(16-11-13-7-3-4-9-15(13)24-16)21(2)18(23)20-14-8-5-6-10-19-17(14)22/h3-4,7,9,11-12,14H,5-6,8,10H2,1-2H3,(H,19,22)(H,20,23)/t12-,14-/m1/s1. The van der Waals surface area contributed by atoms with Crippen molar-refractivity contribution < 1.29 is 14.0 Å². The molecule has 0 unspecified atom stereocenters. The predicted octanol–water partition coefficient (Wildman–Crippen LogP) is 2.80. The van der Waals surface area contributed by atoms with Gasteiger partial charge in [-0.3, -0.25) is 4.79 Å². The number of benzene rings is 1. The van der Waals surface area contributed by atoms with E-state index in [1.807, 2.05) is 37.3 Å². The number of nitrogens with one attached hydrogen (secondary N) is 2. The molecule has 2 aromatic rings. The quantitative estimate of drug-likeness (QED) is 0.909. The van der Waals surface area contributed by atoms with Crippen LogP contribution in [0.15, 0.2) is 34.7 Å². The smallest absolute Gasteiger partial charge is 0.318 e. The fourth-order valence-corrected chi connectivity index (χ4v) is 2.90. The number of fused-ring (bicyclic) bond motifs is 1. The summed E-state index contributed by atoms with van der Waals surface area (Å²) in [5, 5.41) is 6.66. The Kier molecular flexibility index (Phi) is 4.74. The Labute approximate surface area is 141 Å². The molecule has 2 N–H and O–H groups in total. The molecule has 0 aliphatic carbocycles. The molecule has 1 fully saturated rings. The van der Waals surface area contributed by atoms with Crippen LogP contribution in [0, 0.1) is 0 Å². The number of urea groups is 1. The average molecular weight is 329 g/mol. The molecule has 0 bridgehead atoms. The minimum Gasteiger partial charge on any atom is -0.459 e. The van der Waals surface area contributed by atoms with Crippen LogP contribution in [0.4, 0.5) is 4.79 Å². The SMILES string of the molecule is C[C@H](c1cc2ccccc2o1)N(C)C(=O)N[C@@H]1CCCCNC1=O. The minimum absolute atomic E-state index is 0.106. The van der Waals surface area contributed by atoms with Crippen molar-refractivity contribution in [2.75, 3.05) is 13.6 Å². The summed E-state index contributed by atoms with van der Waals surface area (Å²) in [6, 6.07) is 8.73. The average Bonchev–Trinajstić information content (AvgIpc) is 2.92. The lowest BCUT2D eigenvalue weighted by Crippen LogP contribution is -2.49. The number of carbonyl (C=O) groups excluding carboxylic acids is 2. The van der Waals surface area contributed by atoms with Gasteiger partial charge in [-0.25, -0.2) is 4.79 Å². The molecule has 0 saturated carbocycles. The van der Waals surface area contributed by atoms with Gasteiger partial charge in [0.05, 0.1) is 6.04 Å². The minimum atomic E-state index is -0.467. The molecular weight excluding hydrogens is 306 g/mol. The summed E-state index contributed by atoms with van der Waals surface area (Å²) in [6.07, 6.45) is 2.54. The van der Waals surface area contributed by atoms with E-state index >= 15 is 0 Å². The molecule has 128 valence electrons. The van der Waals surface area contributed by atoms with Gasteiger partial charge in [-0.05, 0) is 38.3 Å². The summed E-state index contributed by atoms with van der Waals surface area (Å²) in [6.45, 7) is 2.58. The Bertz CT molecular complexity index is 707. The summed E-state index contributed by atoms with van der Waals surface area (Å²) in [5.74, 6) is 0.616. The first-order valence-corrected chi connectivity index (χ1v) is 8.36. The van der Waals surface area contributed by atoms with Crippen molar-refractivity contribution in [3.8, 4) is 0 Å². The third kappa shape index (κ3) is 3.37. The molecular formula is C18H23N3O3. The zero-order valence-corrected chi connectivity index (χ0v) is 14.0. The van der Waals surface area contributed by atoms with E-state index in [0.29, 0.717) is 13.0 Å². The van der Waals surface area contributed by atoms with Crippen molar-refractivity contribution in [2.24, 2.45) is 0 Å². The zero-order chi connectivity index (χ0) is 17.1. The van der Waals surface area contributed by atoms with Crippen LogP contribution in [0.2, 0.25) is 0 Å². The number of rotatable bonds is 3. The van der Waals surface area contributed by atoms with Gasteiger partial charge in [0.15, 0.2) is 0 Å². The Balaban J connectivity index is 1.68. The second-order valence-corrected chi connectivity index (χ2v) is 6.26. The van der Waals surface area contributed by atoms with Crippen molar-refractivity contribution in [3.05, 3.63) is 36.1 Å². The molecule has 0 spiro atoms. The molecule has 6 heteroatoms. The number of furan rings is 1. The van der Waals surface area contributed by atoms with Gasteiger partial charge in [0.25, 0.3) is 0 Å². The highest BCUT2D eigenvalue weighted by atomic mass is 16.3. The molecule has 1 aliphatic rings. The summed E-state index contributed by atoms with van der Waals surface area (Å²) < 4.78 is 5.83.